The minimum Gasteiger partial charge on any atom is -0.337 e. The molecule has 4 rings (SSSR count). The van der Waals surface area contributed by atoms with E-state index in [0.717, 1.165) is 34.5 Å². The average molecular weight is 376 g/mol. The summed E-state index contributed by atoms with van der Waals surface area (Å²) in [6.07, 6.45) is 0.819. The second kappa shape index (κ2) is 7.75. The van der Waals surface area contributed by atoms with Crippen LogP contribution in [0.4, 0.5) is 0 Å². The average Bonchev–Trinajstić information content (AvgIpc) is 3.31. The van der Waals surface area contributed by atoms with Crippen LogP contribution in [0, 0.1) is 6.92 Å². The number of nitrogens with zero attached hydrogens (tertiary/aromatic N) is 5. The summed E-state index contributed by atoms with van der Waals surface area (Å²) in [6, 6.07) is 20.3. The van der Waals surface area contributed by atoms with Crippen LogP contribution in [0.25, 0.3) is 5.69 Å². The number of aromatic nitrogens is 6. The largest absolute Gasteiger partial charge is 0.337 e. The van der Waals surface area contributed by atoms with Crippen LogP contribution in [0.3, 0.4) is 0 Å². The fraction of sp³-hybridized carbons (Fsp3) is 0.200. The van der Waals surface area contributed by atoms with Crippen molar-refractivity contribution in [2.75, 3.05) is 0 Å². The van der Waals surface area contributed by atoms with E-state index in [9.17, 15) is 0 Å². The van der Waals surface area contributed by atoms with Crippen LogP contribution < -0.4 is 0 Å². The first kappa shape index (κ1) is 17.5. The molecule has 2 aromatic heterocycles. The van der Waals surface area contributed by atoms with Gasteiger partial charge in [-0.2, -0.15) is 4.68 Å². The highest BCUT2D eigenvalue weighted by Gasteiger charge is 2.19. The van der Waals surface area contributed by atoms with E-state index in [1.165, 1.54) is 5.56 Å². The molecule has 0 bridgehead atoms. The highest BCUT2D eigenvalue weighted by atomic mass is 32.2. The summed E-state index contributed by atoms with van der Waals surface area (Å²) in [5.74, 6) is 0.796. The van der Waals surface area contributed by atoms with Gasteiger partial charge in [0.1, 0.15) is 0 Å². The molecule has 0 saturated heterocycles. The molecular weight excluding hydrogens is 356 g/mol. The molecule has 0 radical (unpaired) electrons. The van der Waals surface area contributed by atoms with Gasteiger partial charge in [-0.1, -0.05) is 60.3 Å². The molecule has 0 unspecified atom stereocenters. The molecule has 2 aromatic carbocycles. The highest BCUT2D eigenvalue weighted by molar-refractivity contribution is 7.99. The summed E-state index contributed by atoms with van der Waals surface area (Å²) in [4.78, 5) is 8.18. The lowest BCUT2D eigenvalue weighted by Gasteiger charge is -2.09. The Morgan fingerprint density at radius 1 is 1.04 bits per heavy atom. The van der Waals surface area contributed by atoms with Crippen molar-refractivity contribution in [2.24, 2.45) is 0 Å². The maximum atomic E-state index is 4.79. The Morgan fingerprint density at radius 3 is 2.48 bits per heavy atom. The number of tetrazole rings is 1. The number of aromatic amines is 1. The van der Waals surface area contributed by atoms with Crippen LogP contribution in [0.1, 0.15) is 34.9 Å². The molecule has 7 heteroatoms. The SMILES string of the molecule is Cc1[nH]c(S[C@@H](C)c2nnnn2-c2ccccc2)nc1Cc1ccccc1. The lowest BCUT2D eigenvalue weighted by atomic mass is 10.1. The zero-order valence-corrected chi connectivity index (χ0v) is 16.0. The lowest BCUT2D eigenvalue weighted by molar-refractivity contribution is 0.762. The number of H-pyrrole nitrogens is 1. The number of imidazole rings is 1. The minimum atomic E-state index is 0.0512. The number of benzene rings is 2. The molecule has 6 nitrogen and oxygen atoms in total. The van der Waals surface area contributed by atoms with Gasteiger partial charge in [0.15, 0.2) is 11.0 Å². The van der Waals surface area contributed by atoms with Gasteiger partial charge < -0.3 is 4.98 Å². The smallest absolute Gasteiger partial charge is 0.169 e. The molecule has 0 saturated carbocycles. The van der Waals surface area contributed by atoms with Crippen LogP contribution >= 0.6 is 11.8 Å². The van der Waals surface area contributed by atoms with Gasteiger partial charge in [-0.15, -0.1) is 5.10 Å². The van der Waals surface area contributed by atoms with Crippen molar-refractivity contribution in [3.05, 3.63) is 83.4 Å². The Bertz CT molecular complexity index is 1010. The predicted octanol–water partition coefficient (Wildman–Crippen LogP) is 4.14. The van der Waals surface area contributed by atoms with Crippen molar-refractivity contribution in [1.82, 2.24) is 30.2 Å². The number of aryl methyl sites for hydroxylation is 1. The quantitative estimate of drug-likeness (QED) is 0.512. The second-order valence-electron chi connectivity index (χ2n) is 6.32. The molecule has 136 valence electrons. The van der Waals surface area contributed by atoms with Crippen LogP contribution in [-0.2, 0) is 6.42 Å². The van der Waals surface area contributed by atoms with E-state index in [0.29, 0.717) is 0 Å². The summed E-state index contributed by atoms with van der Waals surface area (Å²) < 4.78 is 1.78. The van der Waals surface area contributed by atoms with E-state index in [1.807, 2.05) is 36.4 Å². The number of hydrogen-bond donors (Lipinski definition) is 1. The van der Waals surface area contributed by atoms with Crippen molar-refractivity contribution in [3.8, 4) is 5.69 Å². The third kappa shape index (κ3) is 3.93. The molecule has 0 aliphatic carbocycles. The Hall–Kier alpha value is -2.93. The summed E-state index contributed by atoms with van der Waals surface area (Å²) in [5.41, 5.74) is 4.37. The Morgan fingerprint density at radius 2 is 1.74 bits per heavy atom. The lowest BCUT2D eigenvalue weighted by Crippen LogP contribution is -2.05. The zero-order valence-electron chi connectivity index (χ0n) is 15.2. The van der Waals surface area contributed by atoms with Crippen molar-refractivity contribution in [1.29, 1.82) is 0 Å². The first-order valence-electron chi connectivity index (χ1n) is 8.80. The molecule has 1 N–H and O–H groups in total. The highest BCUT2D eigenvalue weighted by Crippen LogP contribution is 2.33. The Kier molecular flexibility index (Phi) is 5.02. The second-order valence-corrected chi connectivity index (χ2v) is 7.65. The van der Waals surface area contributed by atoms with Crippen molar-refractivity contribution in [3.63, 3.8) is 0 Å². The van der Waals surface area contributed by atoms with E-state index in [-0.39, 0.29) is 5.25 Å². The first-order valence-corrected chi connectivity index (χ1v) is 9.68. The molecule has 0 spiro atoms. The predicted molar refractivity (Wildman–Crippen MR) is 106 cm³/mol. The van der Waals surface area contributed by atoms with E-state index in [1.54, 1.807) is 16.4 Å². The fourth-order valence-electron chi connectivity index (χ4n) is 2.90. The molecule has 0 aliphatic rings. The van der Waals surface area contributed by atoms with Gasteiger partial charge in [0, 0.05) is 12.1 Å². The molecule has 1 atom stereocenters. The van der Waals surface area contributed by atoms with Crippen molar-refractivity contribution in [2.45, 2.75) is 30.7 Å². The number of nitrogens with one attached hydrogen (secondary N) is 1. The monoisotopic (exact) mass is 376 g/mol. The minimum absolute atomic E-state index is 0.0512. The van der Waals surface area contributed by atoms with Gasteiger partial charge in [-0.3, -0.25) is 0 Å². The maximum Gasteiger partial charge on any atom is 0.169 e. The zero-order chi connectivity index (χ0) is 18.6. The van der Waals surface area contributed by atoms with Crippen molar-refractivity contribution < 1.29 is 0 Å². The molecule has 27 heavy (non-hydrogen) atoms. The van der Waals surface area contributed by atoms with Crippen LogP contribution in [0.15, 0.2) is 65.8 Å². The summed E-state index contributed by atoms with van der Waals surface area (Å²) >= 11 is 1.63. The van der Waals surface area contributed by atoms with E-state index in [2.05, 4.69) is 58.6 Å². The van der Waals surface area contributed by atoms with E-state index >= 15 is 0 Å². The number of hydrogen-bond acceptors (Lipinski definition) is 5. The maximum absolute atomic E-state index is 4.79. The van der Waals surface area contributed by atoms with E-state index < -0.39 is 0 Å². The molecule has 2 heterocycles. The fourth-order valence-corrected chi connectivity index (χ4v) is 3.87. The van der Waals surface area contributed by atoms with Gasteiger partial charge in [-0.25, -0.2) is 4.98 Å². The number of para-hydroxylation sites is 1. The standard InChI is InChI=1S/C20H20N6S/c1-14-18(13-16-9-5-3-6-10-16)22-20(21-14)27-15(2)19-23-24-25-26(19)17-11-7-4-8-12-17/h3-12,15H,13H2,1-2H3,(H,21,22)/t15-/m0/s1. The van der Waals surface area contributed by atoms with Gasteiger partial charge in [0.25, 0.3) is 0 Å². The molecular formula is C20H20N6S. The normalized spacial score (nSPS) is 12.2. The third-order valence-corrected chi connectivity index (χ3v) is 5.31. The van der Waals surface area contributed by atoms with Gasteiger partial charge in [-0.05, 0) is 42.0 Å². The molecule has 4 aromatic rings. The van der Waals surface area contributed by atoms with Crippen LogP contribution in [0.5, 0.6) is 0 Å². The summed E-state index contributed by atoms with van der Waals surface area (Å²) in [6.45, 7) is 4.15. The first-order chi connectivity index (χ1) is 13.2. The van der Waals surface area contributed by atoms with Crippen LogP contribution in [0.2, 0.25) is 0 Å². The molecule has 0 fully saturated rings. The van der Waals surface area contributed by atoms with Gasteiger partial charge in [0.2, 0.25) is 0 Å². The number of thioether (sulfide) groups is 1. The molecule has 0 amide bonds. The van der Waals surface area contributed by atoms with Crippen molar-refractivity contribution >= 4 is 11.8 Å². The Balaban J connectivity index is 1.52. The number of rotatable bonds is 6. The summed E-state index contributed by atoms with van der Waals surface area (Å²) in [7, 11) is 0. The molecule has 0 aliphatic heterocycles. The van der Waals surface area contributed by atoms with Gasteiger partial charge in [0.05, 0.1) is 16.6 Å². The topological polar surface area (TPSA) is 72.3 Å². The van der Waals surface area contributed by atoms with Crippen LogP contribution in [-0.4, -0.2) is 30.2 Å². The van der Waals surface area contributed by atoms with Gasteiger partial charge >= 0.3 is 0 Å². The van der Waals surface area contributed by atoms with E-state index in [4.69, 9.17) is 4.98 Å². The summed E-state index contributed by atoms with van der Waals surface area (Å²) in [5, 5.41) is 13.2. The third-order valence-electron chi connectivity index (χ3n) is 4.32. The Labute approximate surface area is 162 Å².